The Kier molecular flexibility index (Phi) is 7.12. The number of hydrogen-bond acceptors (Lipinski definition) is 6. The molecule has 0 radical (unpaired) electrons. The lowest BCUT2D eigenvalue weighted by molar-refractivity contribution is -0.137. The maximum absolute atomic E-state index is 12.8. The summed E-state index contributed by atoms with van der Waals surface area (Å²) in [6.07, 6.45) is 2.18. The highest BCUT2D eigenvalue weighted by atomic mass is 32.2. The van der Waals surface area contributed by atoms with Crippen LogP contribution in [0.15, 0.2) is 47.4 Å². The zero-order chi connectivity index (χ0) is 21.7. The second kappa shape index (κ2) is 9.77. The van der Waals surface area contributed by atoms with Crippen LogP contribution in [-0.2, 0) is 9.59 Å². The van der Waals surface area contributed by atoms with Crippen molar-refractivity contribution in [3.05, 3.63) is 52.9 Å². The van der Waals surface area contributed by atoms with Crippen LogP contribution in [0.4, 0.5) is 0 Å². The van der Waals surface area contributed by atoms with Gasteiger partial charge in [-0.2, -0.15) is 0 Å². The van der Waals surface area contributed by atoms with Crippen molar-refractivity contribution in [1.29, 1.82) is 0 Å². The van der Waals surface area contributed by atoms with Crippen molar-refractivity contribution >= 4 is 46.3 Å². The van der Waals surface area contributed by atoms with Crippen LogP contribution in [0, 0.1) is 0 Å². The third-order valence-electron chi connectivity index (χ3n) is 4.59. The average Bonchev–Trinajstić information content (AvgIpc) is 3.00. The van der Waals surface area contributed by atoms with Gasteiger partial charge in [0, 0.05) is 13.0 Å². The molecule has 0 bridgehead atoms. The molecule has 0 atom stereocenters. The number of carbonyl (C=O) groups excluding carboxylic acids is 1. The van der Waals surface area contributed by atoms with Gasteiger partial charge in [-0.15, -0.1) is 0 Å². The van der Waals surface area contributed by atoms with Crippen LogP contribution >= 0.6 is 24.0 Å². The molecule has 1 fully saturated rings. The summed E-state index contributed by atoms with van der Waals surface area (Å²) in [6, 6.07) is 13.4. The van der Waals surface area contributed by atoms with Gasteiger partial charge in [-0.25, -0.2) is 0 Å². The molecule has 1 heterocycles. The van der Waals surface area contributed by atoms with E-state index < -0.39 is 5.97 Å². The Morgan fingerprint density at radius 1 is 1.17 bits per heavy atom. The molecule has 1 aliphatic rings. The Morgan fingerprint density at radius 2 is 1.90 bits per heavy atom. The highest BCUT2D eigenvalue weighted by Crippen LogP contribution is 2.37. The number of methoxy groups -OCH3 is 2. The number of thiocarbonyl (C=S) groups is 1. The quantitative estimate of drug-likeness (QED) is 0.478. The fraction of sp³-hybridized carbons (Fsp3) is 0.227. The van der Waals surface area contributed by atoms with Crippen LogP contribution in [0.2, 0.25) is 0 Å². The van der Waals surface area contributed by atoms with Gasteiger partial charge in [0.05, 0.1) is 19.1 Å². The minimum absolute atomic E-state index is 0.00174. The lowest BCUT2D eigenvalue weighted by atomic mass is 9.99. The first-order valence-electron chi connectivity index (χ1n) is 9.23. The second-order valence-electron chi connectivity index (χ2n) is 6.49. The van der Waals surface area contributed by atoms with E-state index in [2.05, 4.69) is 0 Å². The Morgan fingerprint density at radius 3 is 2.60 bits per heavy atom. The number of carbonyl (C=O) groups is 2. The van der Waals surface area contributed by atoms with Crippen LogP contribution in [0.3, 0.4) is 0 Å². The van der Waals surface area contributed by atoms with Crippen LogP contribution < -0.4 is 9.47 Å². The van der Waals surface area contributed by atoms with Crippen LogP contribution in [0.5, 0.6) is 11.5 Å². The van der Waals surface area contributed by atoms with Crippen LogP contribution in [0.25, 0.3) is 17.2 Å². The van der Waals surface area contributed by atoms with E-state index in [1.54, 1.807) is 14.2 Å². The second-order valence-corrected chi connectivity index (χ2v) is 8.16. The van der Waals surface area contributed by atoms with Gasteiger partial charge in [0.15, 0.2) is 11.5 Å². The van der Waals surface area contributed by atoms with Crippen molar-refractivity contribution in [2.75, 3.05) is 20.8 Å². The summed E-state index contributed by atoms with van der Waals surface area (Å²) in [7, 11) is 3.17. The molecule has 1 aliphatic heterocycles. The lowest BCUT2D eigenvalue weighted by Crippen LogP contribution is -2.29. The average molecular weight is 444 g/mol. The van der Waals surface area contributed by atoms with E-state index >= 15 is 0 Å². The third-order valence-corrected chi connectivity index (χ3v) is 5.97. The number of amides is 1. The number of hydrogen-bond donors (Lipinski definition) is 1. The van der Waals surface area contributed by atoms with Gasteiger partial charge in [0.25, 0.3) is 5.91 Å². The number of ether oxygens (including phenoxy) is 2. The van der Waals surface area contributed by atoms with E-state index in [9.17, 15) is 9.59 Å². The van der Waals surface area contributed by atoms with Gasteiger partial charge in [-0.3, -0.25) is 14.5 Å². The zero-order valence-corrected chi connectivity index (χ0v) is 18.2. The molecule has 0 aliphatic carbocycles. The lowest BCUT2D eigenvalue weighted by Gasteiger charge is -2.13. The first-order valence-corrected chi connectivity index (χ1v) is 10.5. The van der Waals surface area contributed by atoms with Crippen molar-refractivity contribution in [1.82, 2.24) is 4.90 Å². The monoisotopic (exact) mass is 443 g/mol. The van der Waals surface area contributed by atoms with E-state index in [0.717, 1.165) is 16.7 Å². The first kappa shape index (κ1) is 21.9. The normalized spacial score (nSPS) is 15.0. The summed E-state index contributed by atoms with van der Waals surface area (Å²) >= 11 is 6.56. The third kappa shape index (κ3) is 4.83. The summed E-state index contributed by atoms with van der Waals surface area (Å²) in [6.45, 7) is 0.297. The fourth-order valence-corrected chi connectivity index (χ4v) is 4.41. The number of carboxylic acid groups (broad SMARTS) is 1. The SMILES string of the molecule is COc1ccc(-c2ccccc2C=C2SC(=S)N(CCCC(=O)O)C2=O)cc1OC. The molecule has 6 nitrogen and oxygen atoms in total. The largest absolute Gasteiger partial charge is 0.493 e. The van der Waals surface area contributed by atoms with E-state index in [1.807, 2.05) is 48.5 Å². The van der Waals surface area contributed by atoms with Crippen molar-refractivity contribution < 1.29 is 24.2 Å². The summed E-state index contributed by atoms with van der Waals surface area (Å²) < 4.78 is 11.2. The van der Waals surface area contributed by atoms with Crippen molar-refractivity contribution in [2.24, 2.45) is 0 Å². The smallest absolute Gasteiger partial charge is 0.303 e. The number of carboxylic acids is 1. The number of rotatable bonds is 8. The molecular formula is C22H21NO5S2. The minimum atomic E-state index is -0.889. The molecule has 0 spiro atoms. The van der Waals surface area contributed by atoms with Crippen LogP contribution in [-0.4, -0.2) is 47.0 Å². The van der Waals surface area contributed by atoms with Crippen molar-refractivity contribution in [2.45, 2.75) is 12.8 Å². The van der Waals surface area contributed by atoms with Gasteiger partial charge >= 0.3 is 5.97 Å². The molecule has 2 aromatic carbocycles. The summed E-state index contributed by atoms with van der Waals surface area (Å²) in [5.41, 5.74) is 2.74. The summed E-state index contributed by atoms with van der Waals surface area (Å²) in [5.74, 6) is 0.174. The number of benzene rings is 2. The zero-order valence-electron chi connectivity index (χ0n) is 16.6. The van der Waals surface area contributed by atoms with Gasteiger partial charge in [-0.05, 0) is 41.3 Å². The summed E-state index contributed by atoms with van der Waals surface area (Å²) in [5, 5.41) is 8.81. The van der Waals surface area contributed by atoms with E-state index in [1.165, 1.54) is 16.7 Å². The minimum Gasteiger partial charge on any atom is -0.493 e. The highest BCUT2D eigenvalue weighted by Gasteiger charge is 2.31. The number of thioether (sulfide) groups is 1. The molecule has 1 saturated heterocycles. The van der Waals surface area contributed by atoms with Gasteiger partial charge in [0.1, 0.15) is 4.32 Å². The highest BCUT2D eigenvalue weighted by molar-refractivity contribution is 8.26. The number of nitrogens with zero attached hydrogens (tertiary/aromatic N) is 1. The Bertz CT molecular complexity index is 1020. The molecule has 3 rings (SSSR count). The molecule has 156 valence electrons. The molecule has 0 saturated carbocycles. The molecule has 30 heavy (non-hydrogen) atoms. The molecule has 2 aromatic rings. The first-order chi connectivity index (χ1) is 14.4. The van der Waals surface area contributed by atoms with Crippen molar-refractivity contribution in [3.63, 3.8) is 0 Å². The molecular weight excluding hydrogens is 422 g/mol. The number of aliphatic carboxylic acids is 1. The Balaban J connectivity index is 1.89. The van der Waals surface area contributed by atoms with Crippen LogP contribution in [0.1, 0.15) is 18.4 Å². The van der Waals surface area contributed by atoms with Gasteiger partial charge in [0.2, 0.25) is 0 Å². The molecule has 1 amide bonds. The molecule has 1 N–H and O–H groups in total. The predicted octanol–water partition coefficient (Wildman–Crippen LogP) is 4.44. The van der Waals surface area contributed by atoms with Crippen molar-refractivity contribution in [3.8, 4) is 22.6 Å². The molecule has 0 unspecified atom stereocenters. The topological polar surface area (TPSA) is 76.1 Å². The standard InChI is InChI=1S/C22H21NO5S2/c1-27-17-10-9-15(12-18(17)28-2)16-7-4-3-6-14(16)13-19-21(26)23(22(29)30-19)11-5-8-20(24)25/h3-4,6-7,9-10,12-13H,5,8,11H2,1-2H3,(H,24,25). The Hall–Kier alpha value is -2.84. The summed E-state index contributed by atoms with van der Waals surface area (Å²) in [4.78, 5) is 25.5. The fourth-order valence-electron chi connectivity index (χ4n) is 3.11. The van der Waals surface area contributed by atoms with E-state index in [-0.39, 0.29) is 12.3 Å². The maximum Gasteiger partial charge on any atom is 0.303 e. The van der Waals surface area contributed by atoms with E-state index in [4.69, 9.17) is 26.8 Å². The van der Waals surface area contributed by atoms with Gasteiger partial charge < -0.3 is 14.6 Å². The molecule has 0 aromatic heterocycles. The molecule has 8 heteroatoms. The predicted molar refractivity (Wildman–Crippen MR) is 122 cm³/mol. The maximum atomic E-state index is 12.8. The Labute approximate surface area is 184 Å². The van der Waals surface area contributed by atoms with Gasteiger partial charge in [-0.1, -0.05) is 54.3 Å². The van der Waals surface area contributed by atoms with E-state index in [0.29, 0.717) is 33.7 Å².